The summed E-state index contributed by atoms with van der Waals surface area (Å²) in [6.07, 6.45) is 2.16. The molecule has 1 aromatic rings. The van der Waals surface area contributed by atoms with Crippen LogP contribution in [-0.4, -0.2) is 4.98 Å². The normalized spacial score (nSPS) is 11.8. The molecule has 0 fully saturated rings. The predicted octanol–water partition coefficient (Wildman–Crippen LogP) is 3.06. The second kappa shape index (κ2) is 3.40. The average Bonchev–Trinajstić information content (AvgIpc) is 2.03. The van der Waals surface area contributed by atoms with Gasteiger partial charge in [0.2, 0.25) is 0 Å². The lowest BCUT2D eigenvalue weighted by molar-refractivity contribution is 0.0161. The SMILES string of the molecule is CCc1ncc(C)cc1C(C)(F)F. The Balaban J connectivity index is 3.24. The minimum Gasteiger partial charge on any atom is -0.261 e. The number of hydrogen-bond donors (Lipinski definition) is 0. The van der Waals surface area contributed by atoms with E-state index in [0.717, 1.165) is 12.5 Å². The van der Waals surface area contributed by atoms with Crippen molar-refractivity contribution < 1.29 is 8.78 Å². The van der Waals surface area contributed by atoms with Gasteiger partial charge in [-0.05, 0) is 25.0 Å². The number of aryl methyl sites for hydroxylation is 2. The fraction of sp³-hybridized carbons (Fsp3) is 0.500. The summed E-state index contributed by atoms with van der Waals surface area (Å²) in [5.74, 6) is -2.79. The molecule has 1 nitrogen and oxygen atoms in total. The van der Waals surface area contributed by atoms with E-state index in [9.17, 15) is 8.78 Å². The van der Waals surface area contributed by atoms with Crippen molar-refractivity contribution in [1.29, 1.82) is 0 Å². The molecule has 0 saturated carbocycles. The number of nitrogens with zero attached hydrogens (tertiary/aromatic N) is 1. The van der Waals surface area contributed by atoms with Crippen molar-refractivity contribution in [1.82, 2.24) is 4.98 Å². The van der Waals surface area contributed by atoms with Crippen molar-refractivity contribution in [2.75, 3.05) is 0 Å². The molecule has 0 aliphatic heterocycles. The van der Waals surface area contributed by atoms with Crippen LogP contribution in [0.5, 0.6) is 0 Å². The number of aromatic nitrogens is 1. The molecule has 13 heavy (non-hydrogen) atoms. The highest BCUT2D eigenvalue weighted by atomic mass is 19.3. The van der Waals surface area contributed by atoms with Crippen molar-refractivity contribution in [3.05, 3.63) is 29.1 Å². The highest BCUT2D eigenvalue weighted by Crippen LogP contribution is 2.29. The van der Waals surface area contributed by atoms with Gasteiger partial charge in [0.05, 0.1) is 0 Å². The van der Waals surface area contributed by atoms with E-state index in [1.807, 2.05) is 6.92 Å². The average molecular weight is 185 g/mol. The topological polar surface area (TPSA) is 12.9 Å². The van der Waals surface area contributed by atoms with Crippen molar-refractivity contribution in [2.24, 2.45) is 0 Å². The molecule has 0 saturated heterocycles. The molecule has 0 unspecified atom stereocenters. The van der Waals surface area contributed by atoms with Gasteiger partial charge >= 0.3 is 0 Å². The Morgan fingerprint density at radius 1 is 1.46 bits per heavy atom. The zero-order chi connectivity index (χ0) is 10.1. The quantitative estimate of drug-likeness (QED) is 0.690. The van der Waals surface area contributed by atoms with Gasteiger partial charge in [0, 0.05) is 24.4 Å². The fourth-order valence-corrected chi connectivity index (χ4v) is 1.26. The summed E-state index contributed by atoms with van der Waals surface area (Å²) >= 11 is 0. The first-order valence-electron chi connectivity index (χ1n) is 4.29. The maximum atomic E-state index is 13.0. The summed E-state index contributed by atoms with van der Waals surface area (Å²) in [7, 11) is 0. The third-order valence-corrected chi connectivity index (χ3v) is 1.91. The molecule has 1 heterocycles. The molecule has 3 heteroatoms. The van der Waals surface area contributed by atoms with E-state index in [1.165, 1.54) is 6.07 Å². The largest absolute Gasteiger partial charge is 0.272 e. The van der Waals surface area contributed by atoms with Crippen LogP contribution in [0.4, 0.5) is 8.78 Å². The van der Waals surface area contributed by atoms with E-state index in [1.54, 1.807) is 13.1 Å². The van der Waals surface area contributed by atoms with Crippen LogP contribution in [0.15, 0.2) is 12.3 Å². The number of alkyl halides is 2. The predicted molar refractivity (Wildman–Crippen MR) is 47.9 cm³/mol. The van der Waals surface area contributed by atoms with E-state index < -0.39 is 5.92 Å². The van der Waals surface area contributed by atoms with E-state index in [4.69, 9.17) is 0 Å². The Morgan fingerprint density at radius 3 is 2.54 bits per heavy atom. The van der Waals surface area contributed by atoms with Gasteiger partial charge in [0.25, 0.3) is 5.92 Å². The molecule has 1 rings (SSSR count). The standard InChI is InChI=1S/C10H13F2N/c1-4-9-8(10(3,11)12)5-7(2)6-13-9/h5-6H,4H2,1-3H3. The van der Waals surface area contributed by atoms with Crippen molar-refractivity contribution in [2.45, 2.75) is 33.1 Å². The number of hydrogen-bond acceptors (Lipinski definition) is 1. The van der Waals surface area contributed by atoms with Crippen LogP contribution in [-0.2, 0) is 12.3 Å². The Morgan fingerprint density at radius 2 is 2.08 bits per heavy atom. The van der Waals surface area contributed by atoms with Gasteiger partial charge in [0.1, 0.15) is 0 Å². The molecular weight excluding hydrogens is 172 g/mol. The molecule has 0 spiro atoms. The van der Waals surface area contributed by atoms with Gasteiger partial charge in [-0.2, -0.15) is 0 Å². The van der Waals surface area contributed by atoms with Crippen LogP contribution >= 0.6 is 0 Å². The van der Waals surface area contributed by atoms with E-state index in [0.29, 0.717) is 12.1 Å². The van der Waals surface area contributed by atoms with Crippen LogP contribution in [0.2, 0.25) is 0 Å². The summed E-state index contributed by atoms with van der Waals surface area (Å²) in [4.78, 5) is 3.98. The highest BCUT2D eigenvalue weighted by molar-refractivity contribution is 5.28. The van der Waals surface area contributed by atoms with E-state index in [-0.39, 0.29) is 5.56 Å². The maximum Gasteiger partial charge on any atom is 0.272 e. The zero-order valence-electron chi connectivity index (χ0n) is 8.06. The van der Waals surface area contributed by atoms with Crippen molar-refractivity contribution >= 4 is 0 Å². The Kier molecular flexibility index (Phi) is 2.64. The lowest BCUT2D eigenvalue weighted by Crippen LogP contribution is -2.12. The first-order chi connectivity index (χ1) is 5.95. The lowest BCUT2D eigenvalue weighted by Gasteiger charge is -2.14. The summed E-state index contributed by atoms with van der Waals surface area (Å²) in [5.41, 5.74) is 1.31. The van der Waals surface area contributed by atoms with Crippen molar-refractivity contribution in [3.8, 4) is 0 Å². The highest BCUT2D eigenvalue weighted by Gasteiger charge is 2.27. The fourth-order valence-electron chi connectivity index (χ4n) is 1.26. The van der Waals surface area contributed by atoms with Crippen LogP contribution in [0.25, 0.3) is 0 Å². The Labute approximate surface area is 76.8 Å². The first-order valence-corrected chi connectivity index (χ1v) is 4.29. The van der Waals surface area contributed by atoms with Crippen LogP contribution in [0.3, 0.4) is 0 Å². The summed E-state index contributed by atoms with van der Waals surface area (Å²) < 4.78 is 26.1. The molecule has 0 bridgehead atoms. The number of pyridine rings is 1. The maximum absolute atomic E-state index is 13.0. The van der Waals surface area contributed by atoms with Crippen molar-refractivity contribution in [3.63, 3.8) is 0 Å². The molecule has 0 radical (unpaired) electrons. The minimum absolute atomic E-state index is 0.0509. The van der Waals surface area contributed by atoms with Gasteiger partial charge in [-0.15, -0.1) is 0 Å². The lowest BCUT2D eigenvalue weighted by atomic mass is 10.0. The second-order valence-corrected chi connectivity index (χ2v) is 3.25. The molecule has 0 aliphatic rings. The van der Waals surface area contributed by atoms with Gasteiger partial charge in [0.15, 0.2) is 0 Å². The monoisotopic (exact) mass is 185 g/mol. The molecule has 72 valence electrons. The second-order valence-electron chi connectivity index (χ2n) is 3.25. The number of rotatable bonds is 2. The molecule has 0 aromatic carbocycles. The van der Waals surface area contributed by atoms with Crippen LogP contribution in [0, 0.1) is 6.92 Å². The van der Waals surface area contributed by atoms with Gasteiger partial charge in [-0.3, -0.25) is 4.98 Å². The molecular formula is C10H13F2N. The smallest absolute Gasteiger partial charge is 0.261 e. The molecule has 0 N–H and O–H groups in total. The summed E-state index contributed by atoms with van der Waals surface area (Å²) in [6.45, 7) is 4.50. The van der Waals surface area contributed by atoms with Gasteiger partial charge in [-0.25, -0.2) is 8.78 Å². The van der Waals surface area contributed by atoms with Gasteiger partial charge < -0.3 is 0 Å². The Hall–Kier alpha value is -0.990. The minimum atomic E-state index is -2.79. The zero-order valence-corrected chi connectivity index (χ0v) is 8.06. The van der Waals surface area contributed by atoms with Gasteiger partial charge in [-0.1, -0.05) is 6.92 Å². The molecule has 1 aromatic heterocycles. The Bertz CT molecular complexity index is 302. The third kappa shape index (κ3) is 2.23. The van der Waals surface area contributed by atoms with Crippen LogP contribution in [0.1, 0.15) is 30.7 Å². The molecule has 0 amide bonds. The number of halogens is 2. The molecule has 0 aliphatic carbocycles. The van der Waals surface area contributed by atoms with E-state index >= 15 is 0 Å². The molecule has 0 atom stereocenters. The van der Waals surface area contributed by atoms with Crippen LogP contribution < -0.4 is 0 Å². The summed E-state index contributed by atoms with van der Waals surface area (Å²) in [5, 5.41) is 0. The summed E-state index contributed by atoms with van der Waals surface area (Å²) in [6, 6.07) is 1.51. The van der Waals surface area contributed by atoms with E-state index in [2.05, 4.69) is 4.98 Å². The third-order valence-electron chi connectivity index (χ3n) is 1.91. The first kappa shape index (κ1) is 10.1.